The zero-order chi connectivity index (χ0) is 25.9. The highest BCUT2D eigenvalue weighted by Crippen LogP contribution is 2.38. The highest BCUT2D eigenvalue weighted by atomic mass is 16.5. The molecule has 4 aromatic rings. The molecule has 2 heterocycles. The van der Waals surface area contributed by atoms with Gasteiger partial charge in [0.2, 0.25) is 5.82 Å². The Morgan fingerprint density at radius 3 is 2.27 bits per heavy atom. The van der Waals surface area contributed by atoms with Crippen molar-refractivity contribution in [2.75, 3.05) is 7.11 Å². The molecule has 1 N–H and O–H groups in total. The quantitative estimate of drug-likeness (QED) is 0.325. The molecule has 1 aliphatic rings. The Bertz CT molecular complexity index is 1420. The molecule has 0 fully saturated rings. The second-order valence-electron chi connectivity index (χ2n) is 9.20. The fourth-order valence-corrected chi connectivity index (χ4v) is 4.51. The van der Waals surface area contributed by atoms with Crippen LogP contribution in [0.25, 0.3) is 17.0 Å². The Morgan fingerprint density at radius 2 is 1.62 bits per heavy atom. The number of ether oxygens (including phenoxy) is 1. The molecule has 37 heavy (non-hydrogen) atoms. The van der Waals surface area contributed by atoms with Crippen LogP contribution in [0.3, 0.4) is 0 Å². The summed E-state index contributed by atoms with van der Waals surface area (Å²) in [5.41, 5.74) is 6.77. The van der Waals surface area contributed by atoms with Crippen LogP contribution in [0.1, 0.15) is 48.0 Å². The molecule has 1 aliphatic heterocycles. The number of aryl methyl sites for hydroxylation is 2. The van der Waals surface area contributed by atoms with Gasteiger partial charge >= 0.3 is 6.03 Å². The summed E-state index contributed by atoms with van der Waals surface area (Å²) < 4.78 is 11.1. The van der Waals surface area contributed by atoms with Crippen LogP contribution in [0.4, 0.5) is 4.79 Å². The van der Waals surface area contributed by atoms with Crippen molar-refractivity contribution in [1.29, 1.82) is 0 Å². The minimum Gasteiger partial charge on any atom is -0.497 e. The smallest absolute Gasteiger partial charge is 0.322 e. The van der Waals surface area contributed by atoms with Gasteiger partial charge in [-0.1, -0.05) is 66.2 Å². The van der Waals surface area contributed by atoms with E-state index >= 15 is 0 Å². The van der Waals surface area contributed by atoms with Crippen LogP contribution < -0.4 is 10.1 Å². The molecule has 2 amide bonds. The van der Waals surface area contributed by atoms with Crippen molar-refractivity contribution in [1.82, 2.24) is 20.4 Å². The number of carbonyl (C=O) groups excluding carboxylic acids is 1. The van der Waals surface area contributed by atoms with Crippen LogP contribution >= 0.6 is 0 Å². The maximum Gasteiger partial charge on any atom is 0.322 e. The van der Waals surface area contributed by atoms with Gasteiger partial charge in [0, 0.05) is 11.3 Å². The van der Waals surface area contributed by atoms with Crippen LogP contribution in [-0.4, -0.2) is 28.2 Å². The zero-order valence-corrected chi connectivity index (χ0v) is 21.5. The number of hydrogen-bond acceptors (Lipinski definition) is 5. The van der Waals surface area contributed by atoms with Gasteiger partial charge in [-0.3, -0.25) is 4.90 Å². The van der Waals surface area contributed by atoms with Gasteiger partial charge in [0.15, 0.2) is 0 Å². The van der Waals surface area contributed by atoms with E-state index in [1.54, 1.807) is 12.0 Å². The first-order chi connectivity index (χ1) is 18.0. The lowest BCUT2D eigenvalue weighted by Crippen LogP contribution is -2.45. The van der Waals surface area contributed by atoms with E-state index in [2.05, 4.69) is 41.7 Å². The van der Waals surface area contributed by atoms with E-state index in [1.165, 1.54) is 5.56 Å². The number of carbonyl (C=O) groups is 1. The first-order valence-electron chi connectivity index (χ1n) is 12.4. The van der Waals surface area contributed by atoms with E-state index in [1.807, 2.05) is 62.4 Å². The van der Waals surface area contributed by atoms with Gasteiger partial charge in [0.05, 0.1) is 25.3 Å². The number of benzene rings is 3. The predicted molar refractivity (Wildman–Crippen MR) is 143 cm³/mol. The summed E-state index contributed by atoms with van der Waals surface area (Å²) in [6.07, 6.45) is 0.972. The van der Waals surface area contributed by atoms with Crippen LogP contribution in [0.15, 0.2) is 83.0 Å². The molecule has 0 radical (unpaired) electrons. The molecule has 7 heteroatoms. The van der Waals surface area contributed by atoms with Crippen molar-refractivity contribution < 1.29 is 14.1 Å². The Hall–Kier alpha value is -4.39. The highest BCUT2D eigenvalue weighted by Gasteiger charge is 2.35. The van der Waals surface area contributed by atoms with Gasteiger partial charge in [-0.05, 0) is 61.2 Å². The van der Waals surface area contributed by atoms with Crippen molar-refractivity contribution in [2.24, 2.45) is 0 Å². The summed E-state index contributed by atoms with van der Waals surface area (Å²) in [6.45, 7) is 6.54. The van der Waals surface area contributed by atoms with Crippen LogP contribution in [0.2, 0.25) is 0 Å². The molecule has 1 atom stereocenters. The minimum atomic E-state index is -0.420. The minimum absolute atomic E-state index is 0.165. The second kappa shape index (κ2) is 10.3. The Kier molecular flexibility index (Phi) is 6.77. The molecule has 0 saturated carbocycles. The normalized spacial score (nSPS) is 15.6. The topological polar surface area (TPSA) is 80.5 Å². The fourth-order valence-electron chi connectivity index (χ4n) is 4.51. The van der Waals surface area contributed by atoms with E-state index in [9.17, 15) is 4.79 Å². The van der Waals surface area contributed by atoms with Crippen LogP contribution in [0, 0.1) is 6.92 Å². The van der Waals surface area contributed by atoms with Gasteiger partial charge < -0.3 is 14.6 Å². The van der Waals surface area contributed by atoms with Gasteiger partial charge in [0.25, 0.3) is 5.89 Å². The summed E-state index contributed by atoms with van der Waals surface area (Å²) in [4.78, 5) is 19.8. The molecule has 1 aromatic heterocycles. The first-order valence-corrected chi connectivity index (χ1v) is 12.4. The molecule has 188 valence electrons. The number of nitrogens with zero attached hydrogens (tertiary/aromatic N) is 3. The van der Waals surface area contributed by atoms with Gasteiger partial charge in [-0.25, -0.2) is 4.79 Å². The lowest BCUT2D eigenvalue weighted by molar-refractivity contribution is 0.203. The number of amides is 2. The number of hydrogen-bond donors (Lipinski definition) is 1. The monoisotopic (exact) mass is 494 g/mol. The van der Waals surface area contributed by atoms with Crippen molar-refractivity contribution >= 4 is 11.6 Å². The largest absolute Gasteiger partial charge is 0.497 e. The Morgan fingerprint density at radius 1 is 0.946 bits per heavy atom. The molecule has 0 bridgehead atoms. The van der Waals surface area contributed by atoms with Gasteiger partial charge in [0.1, 0.15) is 5.75 Å². The molecule has 1 unspecified atom stereocenters. The van der Waals surface area contributed by atoms with Gasteiger partial charge in [-0.15, -0.1) is 0 Å². The summed E-state index contributed by atoms with van der Waals surface area (Å²) in [7, 11) is 1.63. The average molecular weight is 495 g/mol. The van der Waals surface area contributed by atoms with E-state index < -0.39 is 6.04 Å². The van der Waals surface area contributed by atoms with Crippen molar-refractivity contribution in [3.8, 4) is 17.1 Å². The van der Waals surface area contributed by atoms with Gasteiger partial charge in [-0.2, -0.15) is 4.98 Å². The number of rotatable bonds is 7. The summed E-state index contributed by atoms with van der Waals surface area (Å²) in [5.74, 6) is 1.60. The molecule has 3 aromatic carbocycles. The molecule has 0 saturated heterocycles. The summed E-state index contributed by atoms with van der Waals surface area (Å²) >= 11 is 0. The number of allylic oxidation sites excluding steroid dienone is 1. The molecular weight excluding hydrogens is 464 g/mol. The maximum atomic E-state index is 13.3. The highest BCUT2D eigenvalue weighted by molar-refractivity contribution is 5.86. The third-order valence-corrected chi connectivity index (χ3v) is 6.78. The Balaban J connectivity index is 1.55. The molecular formula is C30H30N4O3. The molecule has 7 nitrogen and oxygen atoms in total. The van der Waals surface area contributed by atoms with Crippen molar-refractivity contribution in [3.63, 3.8) is 0 Å². The summed E-state index contributed by atoms with van der Waals surface area (Å²) in [5, 5.41) is 7.42. The van der Waals surface area contributed by atoms with E-state index in [0.29, 0.717) is 18.3 Å². The number of aromatic nitrogens is 2. The zero-order valence-electron chi connectivity index (χ0n) is 21.5. The van der Waals surface area contributed by atoms with Crippen molar-refractivity contribution in [2.45, 2.75) is 39.8 Å². The maximum absolute atomic E-state index is 13.3. The fraction of sp³-hybridized carbons (Fsp3) is 0.233. The first kappa shape index (κ1) is 24.3. The number of urea groups is 1. The SMILES string of the molecule is CCc1ccc(CN2C(=O)NC(c3ccc(C)cc3)C(c3nc(-c4ccc(OC)cc4)no3)=C2C)cc1. The molecule has 0 spiro atoms. The third-order valence-electron chi connectivity index (χ3n) is 6.78. The second-order valence-corrected chi connectivity index (χ2v) is 9.20. The van der Waals surface area contributed by atoms with E-state index in [-0.39, 0.29) is 6.03 Å². The van der Waals surface area contributed by atoms with E-state index in [0.717, 1.165) is 45.7 Å². The van der Waals surface area contributed by atoms with Crippen LogP contribution in [0.5, 0.6) is 5.75 Å². The van der Waals surface area contributed by atoms with Crippen molar-refractivity contribution in [3.05, 3.63) is 107 Å². The molecule has 5 rings (SSSR count). The lowest BCUT2D eigenvalue weighted by Gasteiger charge is -2.35. The summed E-state index contributed by atoms with van der Waals surface area (Å²) in [6, 6.07) is 23.4. The Labute approximate surface area is 216 Å². The van der Waals surface area contributed by atoms with Crippen LogP contribution in [-0.2, 0) is 13.0 Å². The standard InChI is InChI=1S/C30H30N4O3/c1-5-21-8-10-22(11-9-21)18-34-20(3)26(27(31-30(34)35)23-12-6-19(2)7-13-23)29-32-28(33-37-29)24-14-16-25(36-4)17-15-24/h6-17,27H,5,18H2,1-4H3,(H,31,35). The third kappa shape index (κ3) is 4.98. The number of methoxy groups -OCH3 is 1. The lowest BCUT2D eigenvalue weighted by atomic mass is 9.94. The average Bonchev–Trinajstić information content (AvgIpc) is 3.41. The van der Waals surface area contributed by atoms with E-state index in [4.69, 9.17) is 14.2 Å². The number of nitrogens with one attached hydrogen (secondary N) is 1. The predicted octanol–water partition coefficient (Wildman–Crippen LogP) is 6.31. The molecule has 0 aliphatic carbocycles.